The highest BCUT2D eigenvalue weighted by molar-refractivity contribution is 5.71. The molecular formula is C27H30N6O2. The molecule has 0 N–H and O–H groups in total. The molecule has 5 rings (SSSR count). The van der Waals surface area contributed by atoms with Gasteiger partial charge in [-0.2, -0.15) is 5.10 Å². The van der Waals surface area contributed by atoms with Crippen LogP contribution in [-0.2, 0) is 30.8 Å². The summed E-state index contributed by atoms with van der Waals surface area (Å²) in [6.07, 6.45) is 14.5. The largest absolute Gasteiger partial charge is 0.444 e. The molecule has 4 heterocycles. The molecular weight excluding hydrogens is 440 g/mol. The van der Waals surface area contributed by atoms with Crippen molar-refractivity contribution >= 4 is 6.09 Å². The monoisotopic (exact) mass is 470 g/mol. The van der Waals surface area contributed by atoms with Crippen LogP contribution in [0.5, 0.6) is 0 Å². The maximum absolute atomic E-state index is 12.8. The maximum Gasteiger partial charge on any atom is 0.410 e. The molecule has 8 nitrogen and oxygen atoms in total. The molecule has 1 amide bonds. The van der Waals surface area contributed by atoms with Gasteiger partial charge >= 0.3 is 6.09 Å². The summed E-state index contributed by atoms with van der Waals surface area (Å²) in [5.74, 6) is 0.740. The number of hydrogen-bond acceptors (Lipinski definition) is 6. The molecule has 0 bridgehead atoms. The van der Waals surface area contributed by atoms with Crippen molar-refractivity contribution in [3.63, 3.8) is 0 Å². The molecule has 0 unspecified atom stereocenters. The topological polar surface area (TPSA) is 86.0 Å². The molecule has 35 heavy (non-hydrogen) atoms. The number of fused-ring (bicyclic) bond motifs is 1. The van der Waals surface area contributed by atoms with Crippen molar-refractivity contribution < 1.29 is 9.53 Å². The van der Waals surface area contributed by atoms with Gasteiger partial charge in [-0.25, -0.2) is 14.8 Å². The Morgan fingerprint density at radius 2 is 2.03 bits per heavy atom. The summed E-state index contributed by atoms with van der Waals surface area (Å²) in [5, 5.41) is 4.81. The fourth-order valence-electron chi connectivity index (χ4n) is 4.29. The second-order valence-electron chi connectivity index (χ2n) is 9.95. The molecule has 0 fully saturated rings. The first-order valence-electron chi connectivity index (χ1n) is 12.0. The number of aromatic nitrogens is 5. The Kier molecular flexibility index (Phi) is 6.19. The van der Waals surface area contributed by atoms with Gasteiger partial charge in [0.25, 0.3) is 0 Å². The van der Waals surface area contributed by atoms with Crippen LogP contribution in [-0.4, -0.2) is 41.3 Å². The van der Waals surface area contributed by atoms with Crippen LogP contribution in [0.2, 0.25) is 0 Å². The van der Waals surface area contributed by atoms with E-state index in [1.54, 1.807) is 11.1 Å². The van der Waals surface area contributed by atoms with E-state index < -0.39 is 5.60 Å². The molecule has 0 saturated carbocycles. The Morgan fingerprint density at radius 1 is 1.14 bits per heavy atom. The third kappa shape index (κ3) is 5.48. The molecule has 0 aromatic carbocycles. The summed E-state index contributed by atoms with van der Waals surface area (Å²) in [5.41, 5.74) is 5.07. The van der Waals surface area contributed by atoms with Crippen molar-refractivity contribution in [1.82, 2.24) is 29.6 Å². The Hall–Kier alpha value is -3.81. The Labute approximate surface area is 205 Å². The normalized spacial score (nSPS) is 15.2. The lowest BCUT2D eigenvalue weighted by molar-refractivity contribution is 0.0241. The van der Waals surface area contributed by atoms with Gasteiger partial charge in [0.15, 0.2) is 0 Å². The molecule has 2 aliphatic rings. The smallest absolute Gasteiger partial charge is 0.410 e. The quantitative estimate of drug-likeness (QED) is 0.530. The van der Waals surface area contributed by atoms with Crippen molar-refractivity contribution in [2.24, 2.45) is 0 Å². The van der Waals surface area contributed by atoms with Crippen molar-refractivity contribution in [2.45, 2.75) is 65.3 Å². The molecule has 0 saturated heterocycles. The van der Waals surface area contributed by atoms with E-state index in [9.17, 15) is 4.79 Å². The van der Waals surface area contributed by atoms with Gasteiger partial charge in [0.05, 0.1) is 31.0 Å². The van der Waals surface area contributed by atoms with E-state index in [1.165, 1.54) is 5.57 Å². The minimum absolute atomic E-state index is 0.344. The fourth-order valence-corrected chi connectivity index (χ4v) is 4.29. The molecule has 8 heteroatoms. The van der Waals surface area contributed by atoms with E-state index in [2.05, 4.69) is 23.2 Å². The highest BCUT2D eigenvalue weighted by Crippen LogP contribution is 2.31. The van der Waals surface area contributed by atoms with Crippen LogP contribution in [0, 0.1) is 0 Å². The molecule has 3 aromatic rings. The summed E-state index contributed by atoms with van der Waals surface area (Å²) >= 11 is 0. The van der Waals surface area contributed by atoms with Gasteiger partial charge in [-0.05, 0) is 56.9 Å². The number of carbonyl (C=O) groups excluding carboxylic acids is 1. The first-order valence-corrected chi connectivity index (χ1v) is 12.0. The fraction of sp³-hybridized carbons (Fsp3) is 0.370. The number of amides is 1. The predicted octanol–water partition coefficient (Wildman–Crippen LogP) is 4.85. The van der Waals surface area contributed by atoms with Gasteiger partial charge in [-0.15, -0.1) is 0 Å². The molecule has 1 aliphatic carbocycles. The molecule has 3 aromatic heterocycles. The van der Waals surface area contributed by atoms with E-state index >= 15 is 0 Å². The molecule has 1 aliphatic heterocycles. The van der Waals surface area contributed by atoms with E-state index in [0.29, 0.717) is 26.1 Å². The van der Waals surface area contributed by atoms with Crippen LogP contribution in [0.4, 0.5) is 4.79 Å². The summed E-state index contributed by atoms with van der Waals surface area (Å²) in [6.45, 7) is 7.04. The molecule has 180 valence electrons. The van der Waals surface area contributed by atoms with Gasteiger partial charge < -0.3 is 4.74 Å². The highest BCUT2D eigenvalue weighted by atomic mass is 16.6. The average molecular weight is 471 g/mol. The third-order valence-electron chi connectivity index (χ3n) is 5.87. The number of pyridine rings is 1. The summed E-state index contributed by atoms with van der Waals surface area (Å²) in [4.78, 5) is 28.5. The standard InChI is InChI=1S/C27H30N6O2/c1-27(2,3)35-26(34)32-17-21-23(18-32)29-24(14-19-8-5-4-6-9-19)30-25(21)22-11-13-33(31-22)16-20-10-7-12-28-15-20/h5,7-13,15H,4,6,14,16-18H2,1-3H3. The average Bonchev–Trinajstić information content (AvgIpc) is 3.46. The van der Waals surface area contributed by atoms with Crippen LogP contribution >= 0.6 is 0 Å². The lowest BCUT2D eigenvalue weighted by Crippen LogP contribution is -2.33. The lowest BCUT2D eigenvalue weighted by atomic mass is 10.0. The zero-order valence-corrected chi connectivity index (χ0v) is 20.4. The summed E-state index contributed by atoms with van der Waals surface area (Å²) < 4.78 is 7.50. The van der Waals surface area contributed by atoms with Crippen molar-refractivity contribution in [1.29, 1.82) is 0 Å². The van der Waals surface area contributed by atoms with Gasteiger partial charge in [0.2, 0.25) is 0 Å². The highest BCUT2D eigenvalue weighted by Gasteiger charge is 2.32. The molecule has 0 atom stereocenters. The van der Waals surface area contributed by atoms with Gasteiger partial charge in [0.1, 0.15) is 17.1 Å². The first-order chi connectivity index (χ1) is 16.8. The molecule has 0 spiro atoms. The van der Waals surface area contributed by atoms with Crippen molar-refractivity contribution in [3.05, 3.63) is 83.2 Å². The maximum atomic E-state index is 12.8. The zero-order valence-electron chi connectivity index (χ0n) is 20.4. The van der Waals surface area contributed by atoms with Gasteiger partial charge in [-0.1, -0.05) is 24.3 Å². The number of nitrogens with zero attached hydrogens (tertiary/aromatic N) is 6. The SMILES string of the molecule is CC(C)(C)OC(=O)N1Cc2nc(CC3=CCCC=C3)nc(-c3ccn(Cc4cccnc4)n3)c2C1. The predicted molar refractivity (Wildman–Crippen MR) is 132 cm³/mol. The van der Waals surface area contributed by atoms with Crippen LogP contribution in [0.25, 0.3) is 11.4 Å². The van der Waals surface area contributed by atoms with E-state index in [1.807, 2.05) is 56.0 Å². The second kappa shape index (κ2) is 9.44. The number of allylic oxidation sites excluding steroid dienone is 4. The van der Waals surface area contributed by atoms with Crippen molar-refractivity contribution in [2.75, 3.05) is 0 Å². The Balaban J connectivity index is 1.46. The van der Waals surface area contributed by atoms with Crippen LogP contribution < -0.4 is 0 Å². The van der Waals surface area contributed by atoms with Crippen LogP contribution in [0.15, 0.2) is 60.6 Å². The Bertz CT molecular complexity index is 1290. The van der Waals surface area contributed by atoms with Crippen LogP contribution in [0.1, 0.15) is 56.3 Å². The van der Waals surface area contributed by atoms with Gasteiger partial charge in [-0.3, -0.25) is 14.6 Å². The van der Waals surface area contributed by atoms with Crippen molar-refractivity contribution in [3.8, 4) is 11.4 Å². The van der Waals surface area contributed by atoms with E-state index in [4.69, 9.17) is 19.8 Å². The third-order valence-corrected chi connectivity index (χ3v) is 5.87. The summed E-state index contributed by atoms with van der Waals surface area (Å²) in [6, 6.07) is 5.92. The van der Waals surface area contributed by atoms with E-state index in [0.717, 1.165) is 46.9 Å². The zero-order chi connectivity index (χ0) is 24.4. The minimum Gasteiger partial charge on any atom is -0.444 e. The number of rotatable bonds is 5. The lowest BCUT2D eigenvalue weighted by Gasteiger charge is -2.24. The number of carbonyl (C=O) groups is 1. The van der Waals surface area contributed by atoms with Crippen LogP contribution in [0.3, 0.4) is 0 Å². The van der Waals surface area contributed by atoms with Gasteiger partial charge in [0, 0.05) is 30.6 Å². The molecule has 0 radical (unpaired) electrons. The number of hydrogen-bond donors (Lipinski definition) is 0. The van der Waals surface area contributed by atoms with E-state index in [-0.39, 0.29) is 6.09 Å². The summed E-state index contributed by atoms with van der Waals surface area (Å²) in [7, 11) is 0. The second-order valence-corrected chi connectivity index (χ2v) is 9.95. The first kappa shape index (κ1) is 23.0. The minimum atomic E-state index is -0.559. The Morgan fingerprint density at radius 3 is 2.77 bits per heavy atom. The number of ether oxygens (including phenoxy) is 1.